The fourth-order valence-corrected chi connectivity index (χ4v) is 3.08. The number of hydrogen-bond acceptors (Lipinski definition) is 4. The van der Waals surface area contributed by atoms with Crippen LogP contribution in [0.4, 0.5) is 11.6 Å². The Morgan fingerprint density at radius 1 is 1.25 bits per heavy atom. The van der Waals surface area contributed by atoms with Gasteiger partial charge in [-0.1, -0.05) is 12.1 Å². The van der Waals surface area contributed by atoms with Crippen LogP contribution in [0.15, 0.2) is 30.5 Å². The number of anilines is 2. The lowest BCUT2D eigenvalue weighted by Crippen LogP contribution is -2.41. The van der Waals surface area contributed by atoms with Gasteiger partial charge < -0.3 is 10.2 Å². The van der Waals surface area contributed by atoms with Crippen LogP contribution in [0.5, 0.6) is 0 Å². The molecule has 0 unspecified atom stereocenters. The number of amides is 1. The first-order valence-corrected chi connectivity index (χ1v) is 8.46. The standard InChI is InChI=1S/C19H24N4O/c1-13-6-4-8-17(15(13)3)22-18(24)16-7-5-11-23(12-16)19-20-10-9-14(2)21-19/h4,6,8-10,16H,5,7,11-12H2,1-3H3,(H,22,24)/t16-/m1/s1. The molecule has 1 aliphatic rings. The van der Waals surface area contributed by atoms with Gasteiger partial charge in [-0.15, -0.1) is 0 Å². The molecule has 1 saturated heterocycles. The van der Waals surface area contributed by atoms with Crippen LogP contribution in [0.2, 0.25) is 0 Å². The molecule has 1 amide bonds. The van der Waals surface area contributed by atoms with E-state index >= 15 is 0 Å². The van der Waals surface area contributed by atoms with Crippen LogP contribution in [-0.4, -0.2) is 29.0 Å². The molecule has 0 saturated carbocycles. The molecule has 2 aromatic rings. The number of piperidine rings is 1. The number of rotatable bonds is 3. The van der Waals surface area contributed by atoms with Crippen molar-refractivity contribution in [2.75, 3.05) is 23.3 Å². The van der Waals surface area contributed by atoms with Crippen molar-refractivity contribution in [3.63, 3.8) is 0 Å². The summed E-state index contributed by atoms with van der Waals surface area (Å²) in [5.74, 6) is 0.767. The van der Waals surface area contributed by atoms with Gasteiger partial charge in [0.1, 0.15) is 0 Å². The largest absolute Gasteiger partial charge is 0.340 e. The molecule has 0 radical (unpaired) electrons. The maximum Gasteiger partial charge on any atom is 0.229 e. The zero-order chi connectivity index (χ0) is 17.1. The summed E-state index contributed by atoms with van der Waals surface area (Å²) in [6.45, 7) is 7.62. The number of aromatic nitrogens is 2. The molecule has 24 heavy (non-hydrogen) atoms. The zero-order valence-electron chi connectivity index (χ0n) is 14.5. The van der Waals surface area contributed by atoms with Crippen LogP contribution in [0.3, 0.4) is 0 Å². The summed E-state index contributed by atoms with van der Waals surface area (Å²) >= 11 is 0. The molecule has 2 heterocycles. The van der Waals surface area contributed by atoms with Crippen LogP contribution in [0.25, 0.3) is 0 Å². The van der Waals surface area contributed by atoms with Gasteiger partial charge in [-0.3, -0.25) is 4.79 Å². The number of nitrogens with zero attached hydrogens (tertiary/aromatic N) is 3. The van der Waals surface area contributed by atoms with E-state index in [4.69, 9.17) is 0 Å². The molecule has 0 spiro atoms. The predicted octanol–water partition coefficient (Wildman–Crippen LogP) is 3.26. The van der Waals surface area contributed by atoms with E-state index in [0.29, 0.717) is 6.54 Å². The minimum absolute atomic E-state index is 0.0391. The first-order chi connectivity index (χ1) is 11.5. The molecule has 0 bridgehead atoms. The van der Waals surface area contributed by atoms with Gasteiger partial charge in [0.2, 0.25) is 11.9 Å². The molecule has 5 nitrogen and oxygen atoms in total. The molecule has 0 aliphatic carbocycles. The van der Waals surface area contributed by atoms with Gasteiger partial charge in [0.05, 0.1) is 5.92 Å². The number of aryl methyl sites for hydroxylation is 2. The van der Waals surface area contributed by atoms with Crippen molar-refractivity contribution in [3.8, 4) is 0 Å². The monoisotopic (exact) mass is 324 g/mol. The van der Waals surface area contributed by atoms with Crippen molar-refractivity contribution in [2.45, 2.75) is 33.6 Å². The van der Waals surface area contributed by atoms with Gasteiger partial charge >= 0.3 is 0 Å². The number of hydrogen-bond donors (Lipinski definition) is 1. The molecule has 3 rings (SSSR count). The van der Waals surface area contributed by atoms with Crippen molar-refractivity contribution in [1.29, 1.82) is 0 Å². The van der Waals surface area contributed by atoms with E-state index < -0.39 is 0 Å². The van der Waals surface area contributed by atoms with Crippen LogP contribution in [-0.2, 0) is 4.79 Å². The normalized spacial score (nSPS) is 17.6. The third kappa shape index (κ3) is 3.55. The second-order valence-electron chi connectivity index (χ2n) is 6.52. The van der Waals surface area contributed by atoms with Crippen LogP contribution >= 0.6 is 0 Å². The highest BCUT2D eigenvalue weighted by Crippen LogP contribution is 2.23. The highest BCUT2D eigenvalue weighted by atomic mass is 16.1. The van der Waals surface area contributed by atoms with Crippen molar-refractivity contribution in [1.82, 2.24) is 9.97 Å². The Balaban J connectivity index is 1.70. The van der Waals surface area contributed by atoms with E-state index in [-0.39, 0.29) is 11.8 Å². The van der Waals surface area contributed by atoms with Crippen molar-refractivity contribution in [3.05, 3.63) is 47.3 Å². The summed E-state index contributed by atoms with van der Waals surface area (Å²) in [6.07, 6.45) is 3.65. The Labute approximate surface area is 143 Å². The summed E-state index contributed by atoms with van der Waals surface area (Å²) in [5, 5.41) is 3.10. The number of carbonyl (C=O) groups excluding carboxylic acids is 1. The molecule has 5 heteroatoms. The second kappa shape index (κ2) is 6.99. The Kier molecular flexibility index (Phi) is 4.79. The van der Waals surface area contributed by atoms with Gasteiger partial charge in [0, 0.05) is 30.7 Å². The molecule has 1 aromatic heterocycles. The molecule has 1 fully saturated rings. The minimum Gasteiger partial charge on any atom is -0.340 e. The van der Waals surface area contributed by atoms with E-state index in [2.05, 4.69) is 33.2 Å². The molecule has 1 N–H and O–H groups in total. The lowest BCUT2D eigenvalue weighted by molar-refractivity contribution is -0.120. The Hall–Kier alpha value is -2.43. The fourth-order valence-electron chi connectivity index (χ4n) is 3.08. The Morgan fingerprint density at radius 2 is 2.08 bits per heavy atom. The van der Waals surface area contributed by atoms with Crippen LogP contribution in [0.1, 0.15) is 29.7 Å². The van der Waals surface area contributed by atoms with E-state index in [0.717, 1.165) is 42.3 Å². The smallest absolute Gasteiger partial charge is 0.229 e. The van der Waals surface area contributed by atoms with Gasteiger partial charge in [-0.05, 0) is 56.9 Å². The van der Waals surface area contributed by atoms with E-state index in [1.807, 2.05) is 32.0 Å². The van der Waals surface area contributed by atoms with Gasteiger partial charge in [-0.2, -0.15) is 0 Å². The lowest BCUT2D eigenvalue weighted by atomic mass is 9.97. The summed E-state index contributed by atoms with van der Waals surface area (Å²) in [4.78, 5) is 23.6. The zero-order valence-corrected chi connectivity index (χ0v) is 14.5. The van der Waals surface area contributed by atoms with E-state index in [1.54, 1.807) is 6.20 Å². The summed E-state index contributed by atoms with van der Waals surface area (Å²) < 4.78 is 0. The molecule has 1 aliphatic heterocycles. The highest BCUT2D eigenvalue weighted by molar-refractivity contribution is 5.93. The first kappa shape index (κ1) is 16.4. The van der Waals surface area contributed by atoms with E-state index in [1.165, 1.54) is 5.56 Å². The molecule has 126 valence electrons. The van der Waals surface area contributed by atoms with Crippen molar-refractivity contribution in [2.24, 2.45) is 5.92 Å². The van der Waals surface area contributed by atoms with Crippen LogP contribution in [0, 0.1) is 26.7 Å². The maximum atomic E-state index is 12.7. The van der Waals surface area contributed by atoms with Gasteiger partial charge in [0.25, 0.3) is 0 Å². The SMILES string of the molecule is Cc1ccnc(N2CCC[C@@H](C(=O)Nc3cccc(C)c3C)C2)n1. The van der Waals surface area contributed by atoms with Crippen LogP contribution < -0.4 is 10.2 Å². The Bertz CT molecular complexity index is 744. The molecule has 1 aromatic carbocycles. The topological polar surface area (TPSA) is 58.1 Å². The number of nitrogens with one attached hydrogen (secondary N) is 1. The fraction of sp³-hybridized carbons (Fsp3) is 0.421. The maximum absolute atomic E-state index is 12.7. The molecular weight excluding hydrogens is 300 g/mol. The lowest BCUT2D eigenvalue weighted by Gasteiger charge is -2.32. The number of carbonyl (C=O) groups is 1. The minimum atomic E-state index is -0.0391. The number of benzene rings is 1. The average Bonchev–Trinajstić information content (AvgIpc) is 2.59. The quantitative estimate of drug-likeness (QED) is 0.941. The summed E-state index contributed by atoms with van der Waals surface area (Å²) in [5.41, 5.74) is 4.16. The first-order valence-electron chi connectivity index (χ1n) is 8.46. The second-order valence-corrected chi connectivity index (χ2v) is 6.52. The predicted molar refractivity (Wildman–Crippen MR) is 96.3 cm³/mol. The molecular formula is C19H24N4O. The highest BCUT2D eigenvalue weighted by Gasteiger charge is 2.27. The molecule has 1 atom stereocenters. The average molecular weight is 324 g/mol. The third-order valence-electron chi connectivity index (χ3n) is 4.72. The summed E-state index contributed by atoms with van der Waals surface area (Å²) in [7, 11) is 0. The van der Waals surface area contributed by atoms with Gasteiger partial charge in [0.15, 0.2) is 0 Å². The van der Waals surface area contributed by atoms with Crippen molar-refractivity contribution < 1.29 is 4.79 Å². The summed E-state index contributed by atoms with van der Waals surface area (Å²) in [6, 6.07) is 7.89. The van der Waals surface area contributed by atoms with E-state index in [9.17, 15) is 4.79 Å². The Morgan fingerprint density at radius 3 is 2.88 bits per heavy atom. The van der Waals surface area contributed by atoms with Gasteiger partial charge in [-0.25, -0.2) is 9.97 Å². The third-order valence-corrected chi connectivity index (χ3v) is 4.72. The van der Waals surface area contributed by atoms with Crippen molar-refractivity contribution >= 4 is 17.5 Å².